The average molecular weight is 326 g/mol. The van der Waals surface area contributed by atoms with Crippen LogP contribution in [0, 0.1) is 0 Å². The summed E-state index contributed by atoms with van der Waals surface area (Å²) < 4.78 is 38.9. The fourth-order valence-corrected chi connectivity index (χ4v) is 1.97. The molecule has 0 aliphatic carbocycles. The number of carbonyl (C=O) groups is 1. The van der Waals surface area contributed by atoms with Crippen molar-refractivity contribution in [3.05, 3.63) is 47.5 Å². The van der Waals surface area contributed by atoms with Crippen LogP contribution in [-0.4, -0.2) is 27.2 Å². The van der Waals surface area contributed by atoms with E-state index in [2.05, 4.69) is 15.4 Å². The predicted octanol–water partition coefficient (Wildman–Crippen LogP) is 2.68. The third-order valence-corrected chi connectivity index (χ3v) is 3.14. The molecule has 23 heavy (non-hydrogen) atoms. The number of pyridine rings is 1. The number of nitrogens with zero attached hydrogens (tertiary/aromatic N) is 3. The molecule has 0 unspecified atom stereocenters. The van der Waals surface area contributed by atoms with Gasteiger partial charge in [0.25, 0.3) is 5.91 Å². The molecular formula is C15H17F3N4O. The van der Waals surface area contributed by atoms with Gasteiger partial charge in [-0.25, -0.2) is 0 Å². The van der Waals surface area contributed by atoms with E-state index >= 15 is 0 Å². The molecular weight excluding hydrogens is 309 g/mol. The Balaban J connectivity index is 1.83. The predicted molar refractivity (Wildman–Crippen MR) is 77.8 cm³/mol. The van der Waals surface area contributed by atoms with Gasteiger partial charge in [-0.2, -0.15) is 18.3 Å². The van der Waals surface area contributed by atoms with Crippen molar-refractivity contribution in [2.24, 2.45) is 0 Å². The number of alkyl halides is 3. The Morgan fingerprint density at radius 2 is 2.09 bits per heavy atom. The van der Waals surface area contributed by atoms with Crippen LogP contribution in [0.25, 0.3) is 0 Å². The SMILES string of the molecule is CCCn1ccc(C(=O)NCCc2ccc(C(F)(F)F)cn2)n1. The maximum atomic E-state index is 12.4. The topological polar surface area (TPSA) is 59.8 Å². The van der Waals surface area contributed by atoms with Gasteiger partial charge in [-0.05, 0) is 24.6 Å². The molecule has 0 radical (unpaired) electrons. The van der Waals surface area contributed by atoms with Crippen LogP contribution in [0.5, 0.6) is 0 Å². The van der Waals surface area contributed by atoms with Crippen molar-refractivity contribution in [1.29, 1.82) is 0 Å². The monoisotopic (exact) mass is 326 g/mol. The summed E-state index contributed by atoms with van der Waals surface area (Å²) >= 11 is 0. The van der Waals surface area contributed by atoms with Gasteiger partial charge in [-0.3, -0.25) is 14.5 Å². The fraction of sp³-hybridized carbons (Fsp3) is 0.400. The van der Waals surface area contributed by atoms with Gasteiger partial charge in [0, 0.05) is 37.6 Å². The molecule has 8 heteroatoms. The summed E-state index contributed by atoms with van der Waals surface area (Å²) in [5.74, 6) is -0.313. The molecule has 124 valence electrons. The zero-order chi connectivity index (χ0) is 16.9. The normalized spacial score (nSPS) is 11.5. The van der Waals surface area contributed by atoms with Crippen molar-refractivity contribution in [1.82, 2.24) is 20.1 Å². The number of aryl methyl sites for hydroxylation is 1. The zero-order valence-electron chi connectivity index (χ0n) is 12.6. The molecule has 0 fully saturated rings. The summed E-state index contributed by atoms with van der Waals surface area (Å²) in [4.78, 5) is 15.6. The van der Waals surface area contributed by atoms with Crippen molar-refractivity contribution < 1.29 is 18.0 Å². The first-order chi connectivity index (χ1) is 10.9. The molecule has 0 aliphatic heterocycles. The van der Waals surface area contributed by atoms with E-state index in [0.717, 1.165) is 25.2 Å². The van der Waals surface area contributed by atoms with Crippen LogP contribution < -0.4 is 5.32 Å². The van der Waals surface area contributed by atoms with E-state index in [9.17, 15) is 18.0 Å². The Morgan fingerprint density at radius 3 is 2.70 bits per heavy atom. The molecule has 2 aromatic heterocycles. The summed E-state index contributed by atoms with van der Waals surface area (Å²) in [6.07, 6.45) is -0.599. The molecule has 0 saturated carbocycles. The Bertz CT molecular complexity index is 649. The second-order valence-electron chi connectivity index (χ2n) is 5.01. The van der Waals surface area contributed by atoms with E-state index in [-0.39, 0.29) is 12.5 Å². The lowest BCUT2D eigenvalue weighted by atomic mass is 10.2. The highest BCUT2D eigenvalue weighted by Gasteiger charge is 2.30. The second kappa shape index (κ2) is 7.26. The first-order valence-corrected chi connectivity index (χ1v) is 7.24. The molecule has 1 N–H and O–H groups in total. The highest BCUT2D eigenvalue weighted by atomic mass is 19.4. The van der Waals surface area contributed by atoms with E-state index < -0.39 is 11.7 Å². The van der Waals surface area contributed by atoms with Crippen LogP contribution in [0.4, 0.5) is 13.2 Å². The van der Waals surface area contributed by atoms with Crippen LogP contribution >= 0.6 is 0 Å². The van der Waals surface area contributed by atoms with Gasteiger partial charge in [0.2, 0.25) is 0 Å². The van der Waals surface area contributed by atoms with E-state index in [1.165, 1.54) is 6.07 Å². The van der Waals surface area contributed by atoms with Crippen molar-refractivity contribution in [3.63, 3.8) is 0 Å². The highest BCUT2D eigenvalue weighted by molar-refractivity contribution is 5.92. The van der Waals surface area contributed by atoms with Crippen molar-refractivity contribution in [2.75, 3.05) is 6.54 Å². The second-order valence-corrected chi connectivity index (χ2v) is 5.01. The van der Waals surface area contributed by atoms with Crippen molar-refractivity contribution in [3.8, 4) is 0 Å². The lowest BCUT2D eigenvalue weighted by molar-refractivity contribution is -0.137. The molecule has 1 amide bonds. The third kappa shape index (κ3) is 4.80. The molecule has 0 bridgehead atoms. The lowest BCUT2D eigenvalue weighted by Gasteiger charge is -2.07. The Kier molecular flexibility index (Phi) is 5.36. The van der Waals surface area contributed by atoms with Crippen LogP contribution in [0.15, 0.2) is 30.6 Å². The largest absolute Gasteiger partial charge is 0.417 e. The lowest BCUT2D eigenvalue weighted by Crippen LogP contribution is -2.26. The molecule has 0 aromatic carbocycles. The summed E-state index contributed by atoms with van der Waals surface area (Å²) in [6, 6.07) is 3.92. The molecule has 0 atom stereocenters. The number of halogens is 3. The highest BCUT2D eigenvalue weighted by Crippen LogP contribution is 2.28. The maximum absolute atomic E-state index is 12.4. The first-order valence-electron chi connectivity index (χ1n) is 7.24. The van der Waals surface area contributed by atoms with Gasteiger partial charge in [0.05, 0.1) is 5.56 Å². The number of hydrogen-bond acceptors (Lipinski definition) is 3. The minimum absolute atomic E-state index is 0.276. The first kappa shape index (κ1) is 17.0. The van der Waals surface area contributed by atoms with Crippen LogP contribution in [0.1, 0.15) is 35.1 Å². The Labute approximate surface area is 131 Å². The molecule has 0 saturated heterocycles. The number of rotatable bonds is 6. The summed E-state index contributed by atoms with van der Waals surface area (Å²) in [5.41, 5.74) is 0.0143. The van der Waals surface area contributed by atoms with Crippen LogP contribution in [0.3, 0.4) is 0 Å². The number of amides is 1. The number of carbonyl (C=O) groups excluding carboxylic acids is 1. The van der Waals surface area contributed by atoms with Gasteiger partial charge in [0.15, 0.2) is 0 Å². The molecule has 2 aromatic rings. The fourth-order valence-electron chi connectivity index (χ4n) is 1.97. The minimum atomic E-state index is -4.39. The summed E-state index contributed by atoms with van der Waals surface area (Å²) in [7, 11) is 0. The summed E-state index contributed by atoms with van der Waals surface area (Å²) in [5, 5.41) is 6.80. The van der Waals surface area contributed by atoms with Crippen molar-refractivity contribution in [2.45, 2.75) is 32.5 Å². The van der Waals surface area contributed by atoms with E-state index in [4.69, 9.17) is 0 Å². The Hall–Kier alpha value is -2.38. The van der Waals surface area contributed by atoms with Crippen LogP contribution in [-0.2, 0) is 19.1 Å². The maximum Gasteiger partial charge on any atom is 0.417 e. The molecule has 2 rings (SSSR count). The van der Waals surface area contributed by atoms with Gasteiger partial charge in [-0.1, -0.05) is 6.92 Å². The van der Waals surface area contributed by atoms with E-state index in [1.54, 1.807) is 16.9 Å². The standard InChI is InChI=1S/C15H17F3N4O/c1-2-8-22-9-6-13(21-22)14(23)19-7-5-12-4-3-11(10-20-12)15(16,17)18/h3-4,6,9-10H,2,5,7-8H2,1H3,(H,19,23). The number of hydrogen-bond donors (Lipinski definition) is 1. The van der Waals surface area contributed by atoms with Gasteiger partial charge in [-0.15, -0.1) is 0 Å². The van der Waals surface area contributed by atoms with Gasteiger partial charge >= 0.3 is 6.18 Å². The van der Waals surface area contributed by atoms with E-state index in [1.807, 2.05) is 6.92 Å². The molecule has 5 nitrogen and oxygen atoms in total. The molecule has 2 heterocycles. The van der Waals surface area contributed by atoms with Gasteiger partial charge < -0.3 is 5.32 Å². The average Bonchev–Trinajstić information content (AvgIpc) is 2.96. The van der Waals surface area contributed by atoms with E-state index in [0.29, 0.717) is 17.8 Å². The zero-order valence-corrected chi connectivity index (χ0v) is 12.6. The van der Waals surface area contributed by atoms with Crippen LogP contribution in [0.2, 0.25) is 0 Å². The number of nitrogens with one attached hydrogen (secondary N) is 1. The third-order valence-electron chi connectivity index (χ3n) is 3.14. The minimum Gasteiger partial charge on any atom is -0.350 e. The molecule has 0 spiro atoms. The Morgan fingerprint density at radius 1 is 1.30 bits per heavy atom. The molecule has 0 aliphatic rings. The summed E-state index contributed by atoms with van der Waals surface area (Å²) in [6.45, 7) is 3.03. The number of aromatic nitrogens is 3. The quantitative estimate of drug-likeness (QED) is 0.888. The van der Waals surface area contributed by atoms with Crippen molar-refractivity contribution >= 4 is 5.91 Å². The van der Waals surface area contributed by atoms with Gasteiger partial charge in [0.1, 0.15) is 5.69 Å². The smallest absolute Gasteiger partial charge is 0.350 e.